The Morgan fingerprint density at radius 2 is 2.08 bits per heavy atom. The molecule has 0 amide bonds. The highest BCUT2D eigenvalue weighted by atomic mass is 16.5. The first-order chi connectivity index (χ1) is 6.00. The summed E-state index contributed by atoms with van der Waals surface area (Å²) in [6.07, 6.45) is 1.33. The van der Waals surface area contributed by atoms with E-state index in [1.54, 1.807) is 7.11 Å². The Morgan fingerprint density at radius 1 is 1.54 bits per heavy atom. The molecule has 80 valence electrons. The molecular weight excluding hydrogens is 164 g/mol. The summed E-state index contributed by atoms with van der Waals surface area (Å²) in [7, 11) is 3.84. The van der Waals surface area contributed by atoms with Crippen molar-refractivity contribution in [2.75, 3.05) is 27.2 Å². The van der Waals surface area contributed by atoms with Gasteiger partial charge in [-0.3, -0.25) is 4.90 Å². The second kappa shape index (κ2) is 5.58. The van der Waals surface area contributed by atoms with Gasteiger partial charge in [0.15, 0.2) is 0 Å². The smallest absolute Gasteiger partial charge is 0.0670 e. The van der Waals surface area contributed by atoms with E-state index in [0.717, 1.165) is 13.0 Å². The van der Waals surface area contributed by atoms with Gasteiger partial charge >= 0.3 is 0 Å². The van der Waals surface area contributed by atoms with E-state index in [0.29, 0.717) is 6.54 Å². The van der Waals surface area contributed by atoms with Crippen molar-refractivity contribution in [2.24, 2.45) is 5.73 Å². The molecule has 0 aromatic heterocycles. The van der Waals surface area contributed by atoms with Crippen LogP contribution in [0.5, 0.6) is 0 Å². The van der Waals surface area contributed by atoms with Crippen LogP contribution in [0.15, 0.2) is 0 Å². The van der Waals surface area contributed by atoms with Crippen molar-refractivity contribution in [3.8, 4) is 0 Å². The molecule has 13 heavy (non-hydrogen) atoms. The second-order valence-corrected chi connectivity index (χ2v) is 3.98. The van der Waals surface area contributed by atoms with Gasteiger partial charge in [-0.15, -0.1) is 0 Å². The molecule has 0 aromatic carbocycles. The van der Waals surface area contributed by atoms with E-state index in [2.05, 4.69) is 32.7 Å². The molecule has 2 unspecified atom stereocenters. The van der Waals surface area contributed by atoms with Crippen LogP contribution >= 0.6 is 0 Å². The van der Waals surface area contributed by atoms with Crippen LogP contribution in [0.1, 0.15) is 27.2 Å². The Hall–Kier alpha value is -0.120. The third-order valence-electron chi connectivity index (χ3n) is 3.06. The monoisotopic (exact) mass is 188 g/mol. The van der Waals surface area contributed by atoms with Crippen molar-refractivity contribution in [2.45, 2.75) is 38.8 Å². The van der Waals surface area contributed by atoms with Crippen molar-refractivity contribution in [1.29, 1.82) is 0 Å². The summed E-state index contributed by atoms with van der Waals surface area (Å²) in [5, 5.41) is 0. The molecule has 3 nitrogen and oxygen atoms in total. The number of ether oxygens (including phenoxy) is 1. The third kappa shape index (κ3) is 3.63. The number of nitrogens with zero attached hydrogens (tertiary/aromatic N) is 1. The number of nitrogens with two attached hydrogens (primary N) is 1. The first kappa shape index (κ1) is 12.9. The summed E-state index contributed by atoms with van der Waals surface area (Å²) < 4.78 is 5.22. The molecule has 0 rings (SSSR count). The third-order valence-corrected chi connectivity index (χ3v) is 3.06. The van der Waals surface area contributed by atoms with Crippen molar-refractivity contribution in [1.82, 2.24) is 4.90 Å². The summed E-state index contributed by atoms with van der Waals surface area (Å²) in [4.78, 5) is 2.28. The maximum Gasteiger partial charge on any atom is 0.0670 e. The average Bonchev–Trinajstić information content (AvgIpc) is 2.16. The van der Waals surface area contributed by atoms with Crippen LogP contribution in [0, 0.1) is 0 Å². The van der Waals surface area contributed by atoms with Crippen molar-refractivity contribution in [3.63, 3.8) is 0 Å². The molecule has 0 bridgehead atoms. The SMILES string of the molecule is CCC(C)(CN)N(C)CC(C)OC. The number of methoxy groups -OCH3 is 1. The summed E-state index contributed by atoms with van der Waals surface area (Å²) in [5.74, 6) is 0. The van der Waals surface area contributed by atoms with Crippen molar-refractivity contribution < 1.29 is 4.74 Å². The highest BCUT2D eigenvalue weighted by Crippen LogP contribution is 2.16. The normalized spacial score (nSPS) is 18.7. The lowest BCUT2D eigenvalue weighted by Gasteiger charge is -2.38. The van der Waals surface area contributed by atoms with Crippen molar-refractivity contribution in [3.05, 3.63) is 0 Å². The average molecular weight is 188 g/mol. The minimum Gasteiger partial charge on any atom is -0.380 e. The van der Waals surface area contributed by atoms with Gasteiger partial charge in [-0.25, -0.2) is 0 Å². The number of hydrogen-bond acceptors (Lipinski definition) is 3. The van der Waals surface area contributed by atoms with Gasteiger partial charge in [-0.2, -0.15) is 0 Å². The maximum absolute atomic E-state index is 5.75. The molecule has 2 N–H and O–H groups in total. The fourth-order valence-corrected chi connectivity index (χ4v) is 1.25. The zero-order chi connectivity index (χ0) is 10.5. The topological polar surface area (TPSA) is 38.5 Å². The molecule has 0 aliphatic heterocycles. The Bertz CT molecular complexity index is 135. The van der Waals surface area contributed by atoms with Crippen LogP contribution in [0.3, 0.4) is 0 Å². The number of likely N-dealkylation sites (N-methyl/N-ethyl adjacent to an activating group) is 1. The molecule has 3 heteroatoms. The highest BCUT2D eigenvalue weighted by Gasteiger charge is 2.26. The number of rotatable bonds is 6. The second-order valence-electron chi connectivity index (χ2n) is 3.98. The van der Waals surface area contributed by atoms with Gasteiger partial charge in [0, 0.05) is 25.7 Å². The summed E-state index contributed by atoms with van der Waals surface area (Å²) in [5.41, 5.74) is 5.86. The molecular formula is C10H24N2O. The lowest BCUT2D eigenvalue weighted by atomic mass is 9.97. The first-order valence-corrected chi connectivity index (χ1v) is 4.94. The standard InChI is InChI=1S/C10H24N2O/c1-6-10(3,8-11)12(4)7-9(2)13-5/h9H,6-8,11H2,1-5H3. The van der Waals surface area contributed by atoms with Crippen LogP contribution in [-0.4, -0.2) is 43.8 Å². The Kier molecular flexibility index (Phi) is 5.53. The van der Waals surface area contributed by atoms with E-state index in [-0.39, 0.29) is 11.6 Å². The van der Waals surface area contributed by atoms with Gasteiger partial charge in [0.05, 0.1) is 6.10 Å². The predicted octanol–water partition coefficient (Wildman–Crippen LogP) is 1.08. The Morgan fingerprint density at radius 3 is 2.38 bits per heavy atom. The minimum atomic E-state index is 0.104. The first-order valence-electron chi connectivity index (χ1n) is 4.94. The van der Waals surface area contributed by atoms with Gasteiger partial charge < -0.3 is 10.5 Å². The number of hydrogen-bond donors (Lipinski definition) is 1. The van der Waals surface area contributed by atoms with Crippen LogP contribution in [0.2, 0.25) is 0 Å². The molecule has 0 fully saturated rings. The Labute approximate surface area is 82.2 Å². The van der Waals surface area contributed by atoms with Crippen LogP contribution in [0.4, 0.5) is 0 Å². The van der Waals surface area contributed by atoms with Gasteiger partial charge in [-0.1, -0.05) is 6.92 Å². The van der Waals surface area contributed by atoms with Gasteiger partial charge in [0.2, 0.25) is 0 Å². The fourth-order valence-electron chi connectivity index (χ4n) is 1.25. The molecule has 0 spiro atoms. The molecule has 0 heterocycles. The zero-order valence-corrected chi connectivity index (χ0v) is 9.63. The fraction of sp³-hybridized carbons (Fsp3) is 1.00. The van der Waals surface area contributed by atoms with E-state index in [9.17, 15) is 0 Å². The van der Waals surface area contributed by atoms with Gasteiger partial charge in [-0.05, 0) is 27.3 Å². The van der Waals surface area contributed by atoms with Gasteiger partial charge in [0.1, 0.15) is 0 Å². The lowest BCUT2D eigenvalue weighted by Crippen LogP contribution is -2.51. The highest BCUT2D eigenvalue weighted by molar-refractivity contribution is 4.84. The molecule has 0 aliphatic carbocycles. The Balaban J connectivity index is 4.13. The van der Waals surface area contributed by atoms with Crippen molar-refractivity contribution >= 4 is 0 Å². The minimum absolute atomic E-state index is 0.104. The molecule has 2 atom stereocenters. The van der Waals surface area contributed by atoms with E-state index >= 15 is 0 Å². The zero-order valence-electron chi connectivity index (χ0n) is 9.63. The summed E-state index contributed by atoms with van der Waals surface area (Å²) >= 11 is 0. The van der Waals surface area contributed by atoms with Gasteiger partial charge in [0.25, 0.3) is 0 Å². The van der Waals surface area contributed by atoms with Crippen LogP contribution in [0.25, 0.3) is 0 Å². The predicted molar refractivity (Wildman–Crippen MR) is 56.9 cm³/mol. The quantitative estimate of drug-likeness (QED) is 0.678. The van der Waals surface area contributed by atoms with Crippen LogP contribution in [-0.2, 0) is 4.74 Å². The van der Waals surface area contributed by atoms with E-state index in [1.165, 1.54) is 0 Å². The molecule has 0 saturated carbocycles. The maximum atomic E-state index is 5.75. The van der Waals surface area contributed by atoms with E-state index in [4.69, 9.17) is 10.5 Å². The largest absolute Gasteiger partial charge is 0.380 e. The summed E-state index contributed by atoms with van der Waals surface area (Å²) in [6, 6.07) is 0. The van der Waals surface area contributed by atoms with Crippen LogP contribution < -0.4 is 5.73 Å². The molecule has 0 saturated heterocycles. The molecule has 0 radical (unpaired) electrons. The molecule has 0 aromatic rings. The lowest BCUT2D eigenvalue weighted by molar-refractivity contribution is 0.0439. The van der Waals surface area contributed by atoms with E-state index < -0.39 is 0 Å². The molecule has 0 aliphatic rings. The summed E-state index contributed by atoms with van der Waals surface area (Å²) in [6.45, 7) is 8.05. The van der Waals surface area contributed by atoms with E-state index in [1.807, 2.05) is 0 Å².